The number of unbranched alkanes of at least 4 members (excludes halogenated alkanes) is 1. The number of ether oxygens (including phenoxy) is 2. The molecule has 1 atom stereocenters. The van der Waals surface area contributed by atoms with E-state index in [1.807, 2.05) is 6.92 Å². The normalized spacial score (nSPS) is 12.5. The molecule has 0 saturated heterocycles. The Bertz CT molecular complexity index is 150. The van der Waals surface area contributed by atoms with Gasteiger partial charge in [0.15, 0.2) is 0 Å². The molecule has 0 radical (unpaired) electrons. The maximum absolute atomic E-state index is 11.1. The first-order valence-corrected chi connectivity index (χ1v) is 6.02. The molecule has 0 saturated carbocycles. The summed E-state index contributed by atoms with van der Waals surface area (Å²) in [5.41, 5.74) is 0. The van der Waals surface area contributed by atoms with Crippen molar-refractivity contribution in [2.75, 3.05) is 19.8 Å². The predicted molar refractivity (Wildman–Crippen MR) is 59.7 cm³/mol. The number of esters is 1. The van der Waals surface area contributed by atoms with Crippen LogP contribution in [0.15, 0.2) is 0 Å². The Hall–Kier alpha value is -0.0900. The lowest BCUT2D eigenvalue weighted by Crippen LogP contribution is -2.19. The molecule has 0 heterocycles. The molecule has 0 rings (SSSR count). The van der Waals surface area contributed by atoms with Gasteiger partial charge in [0.1, 0.15) is 11.4 Å². The van der Waals surface area contributed by atoms with Crippen LogP contribution in [0.4, 0.5) is 0 Å². The Balaban J connectivity index is 3.23. The Morgan fingerprint density at radius 2 is 2.00 bits per heavy atom. The van der Waals surface area contributed by atoms with Crippen molar-refractivity contribution in [1.29, 1.82) is 0 Å². The van der Waals surface area contributed by atoms with Crippen molar-refractivity contribution in [2.24, 2.45) is 0 Å². The molecule has 0 bridgehead atoms. The zero-order valence-electron chi connectivity index (χ0n) is 8.92. The lowest BCUT2D eigenvalue weighted by molar-refractivity contribution is -0.144. The van der Waals surface area contributed by atoms with E-state index in [0.29, 0.717) is 13.2 Å². The second-order valence-electron chi connectivity index (χ2n) is 3.01. The number of hydrogen-bond acceptors (Lipinski definition) is 3. The summed E-state index contributed by atoms with van der Waals surface area (Å²) in [6, 6.07) is 0. The van der Waals surface area contributed by atoms with Gasteiger partial charge in [0.25, 0.3) is 0 Å². The van der Waals surface area contributed by atoms with Crippen LogP contribution in [-0.2, 0) is 14.3 Å². The van der Waals surface area contributed by atoms with Gasteiger partial charge in [-0.25, -0.2) is 0 Å². The third-order valence-corrected chi connectivity index (χ3v) is 2.75. The standard InChI is InChI=1S/C10H19BrO3/c1-3-5-6-13-7-8-14-10(12)9(11)4-2/h9H,3-8H2,1-2H3/t9-/m0/s1. The van der Waals surface area contributed by atoms with Crippen molar-refractivity contribution in [2.45, 2.75) is 37.9 Å². The number of hydrogen-bond donors (Lipinski definition) is 0. The summed E-state index contributed by atoms with van der Waals surface area (Å²) in [6.45, 7) is 5.64. The average molecular weight is 267 g/mol. The van der Waals surface area contributed by atoms with E-state index in [0.717, 1.165) is 25.9 Å². The molecule has 0 aromatic heterocycles. The summed E-state index contributed by atoms with van der Waals surface area (Å²) in [7, 11) is 0. The fraction of sp³-hybridized carbons (Fsp3) is 0.900. The fourth-order valence-corrected chi connectivity index (χ4v) is 0.939. The maximum Gasteiger partial charge on any atom is 0.319 e. The number of alkyl halides is 1. The molecule has 0 aliphatic carbocycles. The maximum atomic E-state index is 11.1. The number of halogens is 1. The second-order valence-corrected chi connectivity index (χ2v) is 4.11. The zero-order valence-corrected chi connectivity index (χ0v) is 10.5. The summed E-state index contributed by atoms with van der Waals surface area (Å²) in [4.78, 5) is 11.0. The fourth-order valence-electron chi connectivity index (χ4n) is 0.807. The summed E-state index contributed by atoms with van der Waals surface area (Å²) < 4.78 is 10.2. The van der Waals surface area contributed by atoms with Crippen molar-refractivity contribution in [3.8, 4) is 0 Å². The van der Waals surface area contributed by atoms with Gasteiger partial charge < -0.3 is 9.47 Å². The highest BCUT2D eigenvalue weighted by Gasteiger charge is 2.12. The first-order chi connectivity index (χ1) is 6.72. The Labute approximate surface area is 94.3 Å². The van der Waals surface area contributed by atoms with Crippen molar-refractivity contribution in [3.05, 3.63) is 0 Å². The highest BCUT2D eigenvalue weighted by atomic mass is 79.9. The van der Waals surface area contributed by atoms with Gasteiger partial charge in [0.2, 0.25) is 0 Å². The predicted octanol–water partition coefficient (Wildman–Crippen LogP) is 2.52. The molecule has 0 N–H and O–H groups in total. The van der Waals surface area contributed by atoms with Gasteiger partial charge in [0, 0.05) is 6.61 Å². The van der Waals surface area contributed by atoms with Gasteiger partial charge in [0.05, 0.1) is 6.61 Å². The molecule has 0 fully saturated rings. The average Bonchev–Trinajstić information content (AvgIpc) is 2.21. The van der Waals surface area contributed by atoms with Gasteiger partial charge in [-0.2, -0.15) is 0 Å². The summed E-state index contributed by atoms with van der Waals surface area (Å²) in [6.07, 6.45) is 2.93. The molecule has 0 amide bonds. The van der Waals surface area contributed by atoms with Crippen molar-refractivity contribution < 1.29 is 14.3 Å². The molecule has 3 nitrogen and oxygen atoms in total. The minimum atomic E-state index is -0.202. The monoisotopic (exact) mass is 266 g/mol. The molecule has 0 aliphatic heterocycles. The van der Waals surface area contributed by atoms with E-state index in [1.165, 1.54) is 0 Å². The molecule has 14 heavy (non-hydrogen) atoms. The van der Waals surface area contributed by atoms with E-state index in [2.05, 4.69) is 22.9 Å². The summed E-state index contributed by atoms with van der Waals surface area (Å²) in [5.74, 6) is -0.202. The Kier molecular flexibility index (Phi) is 9.40. The van der Waals surface area contributed by atoms with E-state index in [-0.39, 0.29) is 10.8 Å². The van der Waals surface area contributed by atoms with Gasteiger partial charge >= 0.3 is 5.97 Å². The lowest BCUT2D eigenvalue weighted by Gasteiger charge is -2.08. The molecule has 84 valence electrons. The SMILES string of the molecule is CCCCOCCOC(=O)[C@@H](Br)CC. The minimum Gasteiger partial charge on any atom is -0.462 e. The first-order valence-electron chi connectivity index (χ1n) is 5.10. The molecule has 0 spiro atoms. The summed E-state index contributed by atoms with van der Waals surface area (Å²) >= 11 is 3.22. The van der Waals surface area contributed by atoms with E-state index < -0.39 is 0 Å². The molecule has 4 heteroatoms. The van der Waals surface area contributed by atoms with Crippen LogP contribution in [-0.4, -0.2) is 30.6 Å². The smallest absolute Gasteiger partial charge is 0.319 e. The molecule has 0 aliphatic rings. The zero-order chi connectivity index (χ0) is 10.8. The Morgan fingerprint density at radius 3 is 2.57 bits per heavy atom. The molecule has 0 aromatic carbocycles. The quantitative estimate of drug-likeness (QED) is 0.385. The lowest BCUT2D eigenvalue weighted by atomic mass is 10.3. The Morgan fingerprint density at radius 1 is 1.29 bits per heavy atom. The van der Waals surface area contributed by atoms with E-state index in [9.17, 15) is 4.79 Å². The van der Waals surface area contributed by atoms with Crippen molar-refractivity contribution >= 4 is 21.9 Å². The summed E-state index contributed by atoms with van der Waals surface area (Å²) in [5, 5.41) is 0. The van der Waals surface area contributed by atoms with Crippen LogP contribution in [0, 0.1) is 0 Å². The van der Waals surface area contributed by atoms with E-state index >= 15 is 0 Å². The van der Waals surface area contributed by atoms with Crippen LogP contribution in [0.3, 0.4) is 0 Å². The number of carbonyl (C=O) groups is 1. The van der Waals surface area contributed by atoms with Crippen LogP contribution in [0.1, 0.15) is 33.1 Å². The van der Waals surface area contributed by atoms with Gasteiger partial charge in [-0.05, 0) is 12.8 Å². The van der Waals surface area contributed by atoms with Crippen LogP contribution in [0.25, 0.3) is 0 Å². The van der Waals surface area contributed by atoms with Crippen LogP contribution < -0.4 is 0 Å². The first kappa shape index (κ1) is 13.9. The topological polar surface area (TPSA) is 35.5 Å². The van der Waals surface area contributed by atoms with Gasteiger partial charge in [-0.1, -0.05) is 36.2 Å². The third-order valence-electron chi connectivity index (χ3n) is 1.73. The molecular formula is C10H19BrO3. The van der Waals surface area contributed by atoms with E-state index in [4.69, 9.17) is 9.47 Å². The third kappa shape index (κ3) is 7.33. The highest BCUT2D eigenvalue weighted by molar-refractivity contribution is 9.10. The van der Waals surface area contributed by atoms with Crippen molar-refractivity contribution in [3.63, 3.8) is 0 Å². The van der Waals surface area contributed by atoms with E-state index in [1.54, 1.807) is 0 Å². The number of rotatable bonds is 8. The van der Waals surface area contributed by atoms with Crippen molar-refractivity contribution in [1.82, 2.24) is 0 Å². The largest absolute Gasteiger partial charge is 0.462 e. The molecule has 0 unspecified atom stereocenters. The molecular weight excluding hydrogens is 248 g/mol. The van der Waals surface area contributed by atoms with Crippen LogP contribution in [0.2, 0.25) is 0 Å². The van der Waals surface area contributed by atoms with Gasteiger partial charge in [-0.3, -0.25) is 4.79 Å². The van der Waals surface area contributed by atoms with Crippen LogP contribution in [0.5, 0.6) is 0 Å². The number of carbonyl (C=O) groups excluding carboxylic acids is 1. The van der Waals surface area contributed by atoms with Gasteiger partial charge in [-0.15, -0.1) is 0 Å². The highest BCUT2D eigenvalue weighted by Crippen LogP contribution is 2.05. The molecule has 0 aromatic rings. The second kappa shape index (κ2) is 9.46. The van der Waals surface area contributed by atoms with Crippen LogP contribution >= 0.6 is 15.9 Å². The minimum absolute atomic E-state index is 0.182.